The molecular formula is C14H23N3O2S. The molecule has 6 heteroatoms. The molecule has 1 aromatic heterocycles. The largest absolute Gasteiger partial charge is 0.272 e. The lowest BCUT2D eigenvalue weighted by atomic mass is 10.0. The molecule has 0 atom stereocenters. The molecule has 0 radical (unpaired) electrons. The van der Waals surface area contributed by atoms with Crippen molar-refractivity contribution in [2.75, 3.05) is 0 Å². The molecule has 2 fully saturated rings. The average Bonchev–Trinajstić information content (AvgIpc) is 3.21. The van der Waals surface area contributed by atoms with Crippen LogP contribution in [-0.4, -0.2) is 23.4 Å². The van der Waals surface area contributed by atoms with Crippen LogP contribution in [0, 0.1) is 0 Å². The summed E-state index contributed by atoms with van der Waals surface area (Å²) in [5, 5.41) is 4.20. The minimum absolute atomic E-state index is 0.206. The fraction of sp³-hybridized carbons (Fsp3) is 0.786. The normalized spacial score (nSPS) is 21.2. The summed E-state index contributed by atoms with van der Waals surface area (Å²) in [5.74, 6) is 0.635. The SMILES string of the molecule is Cn1nc(CNS(=O)(=O)C2CCCCC2)cc1C1CC1. The summed E-state index contributed by atoms with van der Waals surface area (Å²) in [6.07, 6.45) is 7.27. The molecule has 0 unspecified atom stereocenters. The molecule has 2 aliphatic carbocycles. The lowest BCUT2D eigenvalue weighted by Crippen LogP contribution is -2.35. The van der Waals surface area contributed by atoms with Gasteiger partial charge in [-0.25, -0.2) is 13.1 Å². The Morgan fingerprint density at radius 2 is 1.95 bits per heavy atom. The maximum Gasteiger partial charge on any atom is 0.214 e. The van der Waals surface area contributed by atoms with Crippen molar-refractivity contribution in [3.8, 4) is 0 Å². The maximum absolute atomic E-state index is 12.3. The third kappa shape index (κ3) is 3.06. The van der Waals surface area contributed by atoms with Crippen molar-refractivity contribution in [1.29, 1.82) is 0 Å². The van der Waals surface area contributed by atoms with E-state index in [1.54, 1.807) is 0 Å². The molecule has 0 bridgehead atoms. The maximum atomic E-state index is 12.3. The van der Waals surface area contributed by atoms with Gasteiger partial charge in [-0.05, 0) is 31.7 Å². The third-order valence-corrected chi connectivity index (χ3v) is 6.30. The Hall–Kier alpha value is -0.880. The Balaban J connectivity index is 1.61. The van der Waals surface area contributed by atoms with Crippen LogP contribution < -0.4 is 4.72 Å². The van der Waals surface area contributed by atoms with E-state index in [0.717, 1.165) is 37.8 Å². The molecule has 1 heterocycles. The number of rotatable bonds is 5. The lowest BCUT2D eigenvalue weighted by molar-refractivity contribution is 0.477. The second-order valence-corrected chi connectivity index (χ2v) is 8.13. The molecule has 1 aromatic rings. The van der Waals surface area contributed by atoms with E-state index in [-0.39, 0.29) is 5.25 Å². The summed E-state index contributed by atoms with van der Waals surface area (Å²) < 4.78 is 29.1. The second-order valence-electron chi connectivity index (χ2n) is 6.08. The van der Waals surface area contributed by atoms with Crippen LogP contribution in [-0.2, 0) is 23.6 Å². The van der Waals surface area contributed by atoms with Gasteiger partial charge in [0.15, 0.2) is 0 Å². The van der Waals surface area contributed by atoms with Crippen molar-refractivity contribution in [3.63, 3.8) is 0 Å². The van der Waals surface area contributed by atoms with E-state index in [1.165, 1.54) is 18.5 Å². The van der Waals surface area contributed by atoms with Crippen LogP contribution in [0.25, 0.3) is 0 Å². The summed E-state index contributed by atoms with van der Waals surface area (Å²) in [7, 11) is -1.25. The predicted octanol–water partition coefficient (Wildman–Crippen LogP) is 2.05. The van der Waals surface area contributed by atoms with Crippen LogP contribution in [0.15, 0.2) is 6.07 Å². The molecule has 2 saturated carbocycles. The van der Waals surface area contributed by atoms with E-state index < -0.39 is 10.0 Å². The van der Waals surface area contributed by atoms with Crippen molar-refractivity contribution < 1.29 is 8.42 Å². The molecule has 20 heavy (non-hydrogen) atoms. The number of nitrogens with zero attached hydrogens (tertiary/aromatic N) is 2. The second kappa shape index (κ2) is 5.48. The number of nitrogens with one attached hydrogen (secondary N) is 1. The average molecular weight is 297 g/mol. The zero-order valence-electron chi connectivity index (χ0n) is 12.0. The van der Waals surface area contributed by atoms with E-state index in [2.05, 4.69) is 9.82 Å². The van der Waals surface area contributed by atoms with E-state index in [4.69, 9.17) is 0 Å². The van der Waals surface area contributed by atoms with Gasteiger partial charge in [0.1, 0.15) is 0 Å². The van der Waals surface area contributed by atoms with E-state index >= 15 is 0 Å². The van der Waals surface area contributed by atoms with Gasteiger partial charge in [-0.15, -0.1) is 0 Å². The van der Waals surface area contributed by atoms with Gasteiger partial charge in [0.2, 0.25) is 10.0 Å². The number of hydrogen-bond donors (Lipinski definition) is 1. The first-order valence-corrected chi connectivity index (χ1v) is 9.12. The van der Waals surface area contributed by atoms with Gasteiger partial charge in [0.25, 0.3) is 0 Å². The molecule has 5 nitrogen and oxygen atoms in total. The van der Waals surface area contributed by atoms with E-state index in [9.17, 15) is 8.42 Å². The van der Waals surface area contributed by atoms with Crippen molar-refractivity contribution in [2.24, 2.45) is 7.05 Å². The topological polar surface area (TPSA) is 64.0 Å². The summed E-state index contributed by atoms with van der Waals surface area (Å²) >= 11 is 0. The summed E-state index contributed by atoms with van der Waals surface area (Å²) in [5.41, 5.74) is 2.06. The number of aryl methyl sites for hydroxylation is 1. The van der Waals surface area contributed by atoms with Gasteiger partial charge in [0, 0.05) is 18.7 Å². The number of sulfonamides is 1. The molecule has 0 aliphatic heterocycles. The van der Waals surface area contributed by atoms with Crippen molar-refractivity contribution in [2.45, 2.75) is 62.7 Å². The molecule has 0 saturated heterocycles. The van der Waals surface area contributed by atoms with Crippen molar-refractivity contribution in [3.05, 3.63) is 17.5 Å². The predicted molar refractivity (Wildman–Crippen MR) is 77.8 cm³/mol. The van der Waals surface area contributed by atoms with Gasteiger partial charge < -0.3 is 0 Å². The summed E-state index contributed by atoms with van der Waals surface area (Å²) in [6.45, 7) is 0.319. The highest BCUT2D eigenvalue weighted by molar-refractivity contribution is 7.90. The molecule has 0 amide bonds. The van der Waals surface area contributed by atoms with Crippen molar-refractivity contribution >= 4 is 10.0 Å². The van der Waals surface area contributed by atoms with Gasteiger partial charge in [-0.3, -0.25) is 4.68 Å². The first-order valence-electron chi connectivity index (χ1n) is 7.57. The van der Waals surface area contributed by atoms with Gasteiger partial charge in [0.05, 0.1) is 17.5 Å². The zero-order chi connectivity index (χ0) is 14.2. The molecule has 1 N–H and O–H groups in total. The standard InChI is InChI=1S/C14H23N3O2S/c1-17-14(11-7-8-11)9-12(16-17)10-15-20(18,19)13-5-3-2-4-6-13/h9,11,13,15H,2-8,10H2,1H3. The minimum Gasteiger partial charge on any atom is -0.272 e. The number of aromatic nitrogens is 2. The molecule has 2 aliphatic rings. The van der Waals surface area contributed by atoms with Gasteiger partial charge >= 0.3 is 0 Å². The Labute approximate surface area is 120 Å². The van der Waals surface area contributed by atoms with Crippen LogP contribution in [0.5, 0.6) is 0 Å². The summed E-state index contributed by atoms with van der Waals surface area (Å²) in [6, 6.07) is 2.04. The molecular weight excluding hydrogens is 274 g/mol. The Morgan fingerprint density at radius 3 is 2.60 bits per heavy atom. The van der Waals surface area contributed by atoms with Gasteiger partial charge in [-0.1, -0.05) is 19.3 Å². The lowest BCUT2D eigenvalue weighted by Gasteiger charge is -2.21. The first kappa shape index (κ1) is 14.1. The third-order valence-electron chi connectivity index (χ3n) is 4.41. The molecule has 0 spiro atoms. The zero-order valence-corrected chi connectivity index (χ0v) is 12.8. The van der Waals surface area contributed by atoms with E-state index in [1.807, 2.05) is 17.8 Å². The highest BCUT2D eigenvalue weighted by Crippen LogP contribution is 2.39. The Bertz CT molecular complexity index is 569. The molecule has 112 valence electrons. The van der Waals surface area contributed by atoms with Crippen LogP contribution in [0.2, 0.25) is 0 Å². The smallest absolute Gasteiger partial charge is 0.214 e. The Kier molecular flexibility index (Phi) is 3.86. The number of hydrogen-bond acceptors (Lipinski definition) is 3. The fourth-order valence-electron chi connectivity index (χ4n) is 3.06. The van der Waals surface area contributed by atoms with Crippen LogP contribution >= 0.6 is 0 Å². The van der Waals surface area contributed by atoms with Crippen LogP contribution in [0.3, 0.4) is 0 Å². The van der Waals surface area contributed by atoms with E-state index in [0.29, 0.717) is 12.5 Å². The van der Waals surface area contributed by atoms with Gasteiger partial charge in [-0.2, -0.15) is 5.10 Å². The van der Waals surface area contributed by atoms with Crippen molar-refractivity contribution in [1.82, 2.24) is 14.5 Å². The van der Waals surface area contributed by atoms with Crippen LogP contribution in [0.4, 0.5) is 0 Å². The summed E-state index contributed by atoms with van der Waals surface area (Å²) in [4.78, 5) is 0. The van der Waals surface area contributed by atoms with Crippen LogP contribution in [0.1, 0.15) is 62.3 Å². The minimum atomic E-state index is -3.19. The molecule has 0 aromatic carbocycles. The Morgan fingerprint density at radius 1 is 1.25 bits per heavy atom. The highest BCUT2D eigenvalue weighted by Gasteiger charge is 2.29. The first-order chi connectivity index (χ1) is 9.56. The molecule has 3 rings (SSSR count). The monoisotopic (exact) mass is 297 g/mol. The quantitative estimate of drug-likeness (QED) is 0.904. The highest BCUT2D eigenvalue weighted by atomic mass is 32.2. The fourth-order valence-corrected chi connectivity index (χ4v) is 4.60.